The van der Waals surface area contributed by atoms with Crippen molar-refractivity contribution < 1.29 is 9.84 Å². The molecule has 0 amide bonds. The third-order valence-electron chi connectivity index (χ3n) is 2.56. The van der Waals surface area contributed by atoms with Crippen molar-refractivity contribution >= 4 is 0 Å². The predicted molar refractivity (Wildman–Crippen MR) is 49.1 cm³/mol. The van der Waals surface area contributed by atoms with Crippen LogP contribution in [0, 0.1) is 5.92 Å². The third kappa shape index (κ3) is 3.55. The molecule has 1 fully saturated rings. The van der Waals surface area contributed by atoms with Crippen LogP contribution in [-0.2, 0) is 4.74 Å². The van der Waals surface area contributed by atoms with E-state index in [1.807, 2.05) is 0 Å². The largest absolute Gasteiger partial charge is 0.396 e. The summed E-state index contributed by atoms with van der Waals surface area (Å²) in [6, 6.07) is 0. The van der Waals surface area contributed by atoms with Crippen LogP contribution in [0.15, 0.2) is 0 Å². The van der Waals surface area contributed by atoms with Crippen molar-refractivity contribution in [3.63, 3.8) is 0 Å². The zero-order valence-electron chi connectivity index (χ0n) is 7.96. The zero-order chi connectivity index (χ0) is 8.81. The molecule has 2 heteroatoms. The van der Waals surface area contributed by atoms with Crippen LogP contribution in [0.2, 0.25) is 0 Å². The summed E-state index contributed by atoms with van der Waals surface area (Å²) in [5.74, 6) is 0.464. The first-order chi connectivity index (χ1) is 5.83. The van der Waals surface area contributed by atoms with Crippen LogP contribution < -0.4 is 0 Å². The molecule has 0 saturated carbocycles. The van der Waals surface area contributed by atoms with Gasteiger partial charge in [-0.05, 0) is 31.6 Å². The molecule has 2 atom stereocenters. The van der Waals surface area contributed by atoms with Crippen molar-refractivity contribution in [1.29, 1.82) is 0 Å². The standard InChI is InChI=1S/C10H20O2/c1-9(8-11)4-2-5-10-6-3-7-12-10/h9-11H,2-8H2,1H3. The highest BCUT2D eigenvalue weighted by Crippen LogP contribution is 2.19. The van der Waals surface area contributed by atoms with E-state index in [-0.39, 0.29) is 0 Å². The normalized spacial score (nSPS) is 26.0. The predicted octanol–water partition coefficient (Wildman–Crippen LogP) is 1.96. The summed E-state index contributed by atoms with van der Waals surface area (Å²) >= 11 is 0. The molecule has 0 radical (unpaired) electrons. The number of ether oxygens (including phenoxy) is 1. The first kappa shape index (κ1) is 10.0. The van der Waals surface area contributed by atoms with Gasteiger partial charge in [0.1, 0.15) is 0 Å². The van der Waals surface area contributed by atoms with Gasteiger partial charge in [0.25, 0.3) is 0 Å². The zero-order valence-corrected chi connectivity index (χ0v) is 7.96. The molecule has 0 spiro atoms. The van der Waals surface area contributed by atoms with Crippen molar-refractivity contribution in [2.45, 2.75) is 45.1 Å². The molecule has 2 nitrogen and oxygen atoms in total. The van der Waals surface area contributed by atoms with Gasteiger partial charge < -0.3 is 9.84 Å². The SMILES string of the molecule is CC(CO)CCCC1CCCO1. The quantitative estimate of drug-likeness (QED) is 0.687. The van der Waals surface area contributed by atoms with E-state index in [9.17, 15) is 0 Å². The monoisotopic (exact) mass is 172 g/mol. The van der Waals surface area contributed by atoms with Crippen LogP contribution in [0.25, 0.3) is 0 Å². The van der Waals surface area contributed by atoms with Gasteiger partial charge in [-0.3, -0.25) is 0 Å². The van der Waals surface area contributed by atoms with Crippen LogP contribution in [0.5, 0.6) is 0 Å². The first-order valence-corrected chi connectivity index (χ1v) is 5.05. The van der Waals surface area contributed by atoms with Crippen LogP contribution in [0.4, 0.5) is 0 Å². The van der Waals surface area contributed by atoms with E-state index >= 15 is 0 Å². The third-order valence-corrected chi connectivity index (χ3v) is 2.56. The number of aliphatic hydroxyl groups excluding tert-OH is 1. The summed E-state index contributed by atoms with van der Waals surface area (Å²) in [6.07, 6.45) is 6.52. The highest BCUT2D eigenvalue weighted by Gasteiger charge is 2.14. The summed E-state index contributed by atoms with van der Waals surface area (Å²) in [5, 5.41) is 8.80. The summed E-state index contributed by atoms with van der Waals surface area (Å²) in [6.45, 7) is 3.38. The number of aliphatic hydroxyl groups is 1. The molecule has 1 rings (SSSR count). The average molecular weight is 172 g/mol. The lowest BCUT2D eigenvalue weighted by Gasteiger charge is -2.10. The number of hydrogen-bond acceptors (Lipinski definition) is 2. The Hall–Kier alpha value is -0.0800. The molecule has 0 aliphatic carbocycles. The van der Waals surface area contributed by atoms with Gasteiger partial charge in [-0.25, -0.2) is 0 Å². The fourth-order valence-electron chi connectivity index (χ4n) is 1.66. The lowest BCUT2D eigenvalue weighted by Crippen LogP contribution is -2.06. The van der Waals surface area contributed by atoms with E-state index < -0.39 is 0 Å². The Bertz CT molecular complexity index is 108. The lowest BCUT2D eigenvalue weighted by molar-refractivity contribution is 0.0995. The van der Waals surface area contributed by atoms with Gasteiger partial charge in [-0.2, -0.15) is 0 Å². The van der Waals surface area contributed by atoms with Gasteiger partial charge in [0.15, 0.2) is 0 Å². The van der Waals surface area contributed by atoms with Crippen LogP contribution in [-0.4, -0.2) is 24.4 Å². The molecule has 1 aliphatic rings. The summed E-state index contributed by atoms with van der Waals surface area (Å²) < 4.78 is 5.51. The van der Waals surface area contributed by atoms with E-state index in [0.29, 0.717) is 18.6 Å². The van der Waals surface area contributed by atoms with Crippen molar-refractivity contribution in [2.24, 2.45) is 5.92 Å². The van der Waals surface area contributed by atoms with Crippen molar-refractivity contribution in [1.82, 2.24) is 0 Å². The molecule has 0 aromatic carbocycles. The molecule has 72 valence electrons. The maximum atomic E-state index is 8.80. The molecule has 2 unspecified atom stereocenters. The average Bonchev–Trinajstić information content (AvgIpc) is 2.57. The second-order valence-electron chi connectivity index (χ2n) is 3.85. The minimum atomic E-state index is 0.325. The van der Waals surface area contributed by atoms with Gasteiger partial charge >= 0.3 is 0 Å². The van der Waals surface area contributed by atoms with Crippen molar-refractivity contribution in [3.8, 4) is 0 Å². The Morgan fingerprint density at radius 1 is 1.58 bits per heavy atom. The number of hydrogen-bond donors (Lipinski definition) is 1. The molecule has 1 N–H and O–H groups in total. The van der Waals surface area contributed by atoms with E-state index in [1.165, 1.54) is 25.7 Å². The van der Waals surface area contributed by atoms with Crippen molar-refractivity contribution in [3.05, 3.63) is 0 Å². The molecule has 12 heavy (non-hydrogen) atoms. The second kappa shape index (κ2) is 5.55. The summed E-state index contributed by atoms with van der Waals surface area (Å²) in [5.41, 5.74) is 0. The van der Waals surface area contributed by atoms with E-state index in [4.69, 9.17) is 9.84 Å². The van der Waals surface area contributed by atoms with Crippen LogP contribution >= 0.6 is 0 Å². The first-order valence-electron chi connectivity index (χ1n) is 5.05. The van der Waals surface area contributed by atoms with Gasteiger partial charge in [-0.15, -0.1) is 0 Å². The van der Waals surface area contributed by atoms with E-state index in [2.05, 4.69) is 6.92 Å². The fraction of sp³-hybridized carbons (Fsp3) is 1.00. The minimum Gasteiger partial charge on any atom is -0.396 e. The molecule has 0 bridgehead atoms. The molecule has 0 aromatic heterocycles. The van der Waals surface area contributed by atoms with Gasteiger partial charge in [-0.1, -0.05) is 13.3 Å². The Morgan fingerprint density at radius 3 is 3.00 bits per heavy atom. The summed E-state index contributed by atoms with van der Waals surface area (Å²) in [4.78, 5) is 0. The Balaban J connectivity index is 1.94. The Kier molecular flexibility index (Phi) is 4.62. The van der Waals surface area contributed by atoms with E-state index in [1.54, 1.807) is 0 Å². The van der Waals surface area contributed by atoms with Gasteiger partial charge in [0.2, 0.25) is 0 Å². The maximum Gasteiger partial charge on any atom is 0.0576 e. The second-order valence-corrected chi connectivity index (χ2v) is 3.85. The molecular weight excluding hydrogens is 152 g/mol. The van der Waals surface area contributed by atoms with Crippen LogP contribution in [0.3, 0.4) is 0 Å². The van der Waals surface area contributed by atoms with Gasteiger partial charge in [0, 0.05) is 13.2 Å². The Labute approximate surface area is 74.9 Å². The maximum absolute atomic E-state index is 8.80. The smallest absolute Gasteiger partial charge is 0.0576 e. The van der Waals surface area contributed by atoms with E-state index in [0.717, 1.165) is 13.0 Å². The molecule has 1 aliphatic heterocycles. The lowest BCUT2D eigenvalue weighted by atomic mass is 10.0. The fourth-order valence-corrected chi connectivity index (χ4v) is 1.66. The highest BCUT2D eigenvalue weighted by molar-refractivity contribution is 4.65. The molecule has 1 heterocycles. The van der Waals surface area contributed by atoms with Crippen LogP contribution in [0.1, 0.15) is 39.0 Å². The Morgan fingerprint density at radius 2 is 2.42 bits per heavy atom. The van der Waals surface area contributed by atoms with Crippen molar-refractivity contribution in [2.75, 3.05) is 13.2 Å². The molecular formula is C10H20O2. The minimum absolute atomic E-state index is 0.325. The summed E-state index contributed by atoms with van der Waals surface area (Å²) in [7, 11) is 0. The highest BCUT2D eigenvalue weighted by atomic mass is 16.5. The molecule has 0 aromatic rings. The molecule has 1 saturated heterocycles. The van der Waals surface area contributed by atoms with Gasteiger partial charge in [0.05, 0.1) is 6.10 Å². The number of rotatable bonds is 5. The topological polar surface area (TPSA) is 29.5 Å².